The van der Waals surface area contributed by atoms with Crippen molar-refractivity contribution in [2.75, 3.05) is 26.2 Å². The van der Waals surface area contributed by atoms with Crippen molar-refractivity contribution >= 4 is 0 Å². The summed E-state index contributed by atoms with van der Waals surface area (Å²) in [5, 5.41) is 3.38. The fourth-order valence-electron chi connectivity index (χ4n) is 2.48. The first kappa shape index (κ1) is 9.39. The third kappa shape index (κ3) is 1.80. The number of rotatable bonds is 2. The van der Waals surface area contributed by atoms with Gasteiger partial charge in [-0.25, -0.2) is 0 Å². The molecule has 1 aromatic rings. The Balaban J connectivity index is 1.69. The van der Waals surface area contributed by atoms with Crippen LogP contribution < -0.4 is 5.32 Å². The lowest BCUT2D eigenvalue weighted by molar-refractivity contribution is -0.0500. The molecule has 15 heavy (non-hydrogen) atoms. The van der Waals surface area contributed by atoms with Crippen LogP contribution in [0.25, 0.3) is 0 Å². The highest BCUT2D eigenvalue weighted by Gasteiger charge is 2.35. The van der Waals surface area contributed by atoms with Crippen molar-refractivity contribution in [1.29, 1.82) is 0 Å². The molecule has 3 heterocycles. The van der Waals surface area contributed by atoms with Crippen LogP contribution >= 0.6 is 0 Å². The van der Waals surface area contributed by atoms with Crippen molar-refractivity contribution < 1.29 is 9.15 Å². The number of ether oxygens (including phenoxy) is 1. The highest BCUT2D eigenvalue weighted by Crippen LogP contribution is 2.19. The molecule has 0 unspecified atom stereocenters. The minimum Gasteiger partial charge on any atom is -0.472 e. The smallest absolute Gasteiger partial charge is 0.0947 e. The fourth-order valence-corrected chi connectivity index (χ4v) is 2.48. The van der Waals surface area contributed by atoms with Crippen LogP contribution in [0, 0.1) is 0 Å². The average molecular weight is 208 g/mol. The average Bonchev–Trinajstić information content (AvgIpc) is 2.87. The molecule has 0 saturated carbocycles. The van der Waals surface area contributed by atoms with E-state index < -0.39 is 0 Å². The minimum absolute atomic E-state index is 0.380. The van der Waals surface area contributed by atoms with Crippen molar-refractivity contribution in [3.63, 3.8) is 0 Å². The van der Waals surface area contributed by atoms with Gasteiger partial charge in [0.2, 0.25) is 0 Å². The third-order valence-electron chi connectivity index (χ3n) is 3.27. The second-order valence-electron chi connectivity index (χ2n) is 4.24. The van der Waals surface area contributed by atoms with Gasteiger partial charge in [-0.1, -0.05) is 0 Å². The molecule has 2 saturated heterocycles. The number of morpholine rings is 1. The molecule has 0 radical (unpaired) electrons. The first-order valence-electron chi connectivity index (χ1n) is 5.51. The van der Waals surface area contributed by atoms with Gasteiger partial charge in [0.1, 0.15) is 0 Å². The summed E-state index contributed by atoms with van der Waals surface area (Å²) in [6.07, 6.45) is 3.94. The minimum atomic E-state index is 0.380. The standard InChI is InChI=1S/C11H16N2O2/c1-3-14-8-9(1)7-13-2-4-15-11-6-12-5-10(11)13/h1,3,8,10-12H,2,4-7H2/t10-,11+/m0/s1. The van der Waals surface area contributed by atoms with Gasteiger partial charge in [0.05, 0.1) is 25.2 Å². The molecule has 0 amide bonds. The molecule has 0 bridgehead atoms. The van der Waals surface area contributed by atoms with Gasteiger partial charge in [0.25, 0.3) is 0 Å². The van der Waals surface area contributed by atoms with E-state index in [1.165, 1.54) is 5.56 Å². The Morgan fingerprint density at radius 1 is 1.47 bits per heavy atom. The zero-order valence-electron chi connectivity index (χ0n) is 8.69. The van der Waals surface area contributed by atoms with Crippen LogP contribution in [0.1, 0.15) is 5.56 Å². The molecule has 2 fully saturated rings. The zero-order valence-corrected chi connectivity index (χ0v) is 8.69. The molecule has 4 nitrogen and oxygen atoms in total. The molecule has 0 aromatic carbocycles. The Bertz CT molecular complexity index is 312. The summed E-state index contributed by atoms with van der Waals surface area (Å²) in [5.74, 6) is 0. The summed E-state index contributed by atoms with van der Waals surface area (Å²) < 4.78 is 10.8. The van der Waals surface area contributed by atoms with Gasteiger partial charge in [-0.2, -0.15) is 0 Å². The summed E-state index contributed by atoms with van der Waals surface area (Å²) >= 11 is 0. The second kappa shape index (κ2) is 3.96. The van der Waals surface area contributed by atoms with E-state index in [-0.39, 0.29) is 0 Å². The molecule has 0 spiro atoms. The second-order valence-corrected chi connectivity index (χ2v) is 4.24. The van der Waals surface area contributed by atoms with Crippen LogP contribution in [0.2, 0.25) is 0 Å². The lowest BCUT2D eigenvalue weighted by atomic mass is 10.1. The first-order chi connectivity index (χ1) is 7.43. The number of hydrogen-bond donors (Lipinski definition) is 1. The van der Waals surface area contributed by atoms with Gasteiger partial charge < -0.3 is 14.5 Å². The molecule has 1 aromatic heterocycles. The van der Waals surface area contributed by atoms with Gasteiger partial charge in [-0.3, -0.25) is 4.90 Å². The Hall–Kier alpha value is -0.840. The zero-order chi connectivity index (χ0) is 10.1. The highest BCUT2D eigenvalue weighted by atomic mass is 16.5. The van der Waals surface area contributed by atoms with E-state index in [1.54, 1.807) is 6.26 Å². The lowest BCUT2D eigenvalue weighted by Gasteiger charge is -2.36. The number of furan rings is 1. The predicted molar refractivity (Wildman–Crippen MR) is 55.5 cm³/mol. The van der Waals surface area contributed by atoms with E-state index >= 15 is 0 Å². The fraction of sp³-hybridized carbons (Fsp3) is 0.636. The van der Waals surface area contributed by atoms with Crippen molar-refractivity contribution in [3.8, 4) is 0 Å². The quantitative estimate of drug-likeness (QED) is 0.766. The molecular weight excluding hydrogens is 192 g/mol. The number of hydrogen-bond acceptors (Lipinski definition) is 4. The maximum Gasteiger partial charge on any atom is 0.0947 e. The Morgan fingerprint density at radius 3 is 3.33 bits per heavy atom. The largest absolute Gasteiger partial charge is 0.472 e. The summed E-state index contributed by atoms with van der Waals surface area (Å²) in [6, 6.07) is 2.57. The predicted octanol–water partition coefficient (Wildman–Crippen LogP) is 0.452. The Labute approximate surface area is 89.2 Å². The highest BCUT2D eigenvalue weighted by molar-refractivity contribution is 5.06. The van der Waals surface area contributed by atoms with Gasteiger partial charge in [-0.05, 0) is 6.07 Å². The maximum atomic E-state index is 5.72. The maximum absolute atomic E-state index is 5.72. The van der Waals surface area contributed by atoms with E-state index in [9.17, 15) is 0 Å². The van der Waals surface area contributed by atoms with Crippen molar-refractivity contribution in [3.05, 3.63) is 24.2 Å². The third-order valence-corrected chi connectivity index (χ3v) is 3.27. The molecule has 4 heteroatoms. The van der Waals surface area contributed by atoms with Crippen LogP contribution in [0.4, 0.5) is 0 Å². The van der Waals surface area contributed by atoms with Gasteiger partial charge in [-0.15, -0.1) is 0 Å². The molecule has 3 rings (SSSR count). The van der Waals surface area contributed by atoms with Gasteiger partial charge >= 0.3 is 0 Å². The summed E-state index contributed by atoms with van der Waals surface area (Å²) in [5.41, 5.74) is 1.25. The van der Waals surface area contributed by atoms with Crippen molar-refractivity contribution in [2.45, 2.75) is 18.7 Å². The SMILES string of the molecule is c1cc(CN2CCO[C@@H]3CNC[C@@H]32)co1. The van der Waals surface area contributed by atoms with Crippen LogP contribution in [0.15, 0.2) is 23.0 Å². The molecule has 2 aliphatic heterocycles. The summed E-state index contributed by atoms with van der Waals surface area (Å²) in [4.78, 5) is 2.49. The summed E-state index contributed by atoms with van der Waals surface area (Å²) in [6.45, 7) is 4.88. The molecule has 82 valence electrons. The van der Waals surface area contributed by atoms with Gasteiger partial charge in [0.15, 0.2) is 0 Å². The Morgan fingerprint density at radius 2 is 2.47 bits per heavy atom. The lowest BCUT2D eigenvalue weighted by Crippen LogP contribution is -2.50. The normalized spacial score (nSPS) is 31.7. The van der Waals surface area contributed by atoms with E-state index in [0.29, 0.717) is 12.1 Å². The summed E-state index contributed by atoms with van der Waals surface area (Å²) in [7, 11) is 0. The van der Waals surface area contributed by atoms with E-state index in [2.05, 4.69) is 10.2 Å². The first-order valence-corrected chi connectivity index (χ1v) is 5.51. The van der Waals surface area contributed by atoms with Crippen LogP contribution in [-0.4, -0.2) is 43.3 Å². The molecular formula is C11H16N2O2. The van der Waals surface area contributed by atoms with Crippen LogP contribution in [0.5, 0.6) is 0 Å². The van der Waals surface area contributed by atoms with E-state index in [0.717, 1.165) is 32.8 Å². The van der Waals surface area contributed by atoms with Gasteiger partial charge in [0, 0.05) is 37.8 Å². The van der Waals surface area contributed by atoms with Crippen LogP contribution in [-0.2, 0) is 11.3 Å². The topological polar surface area (TPSA) is 37.6 Å². The van der Waals surface area contributed by atoms with E-state index in [1.807, 2.05) is 12.3 Å². The molecule has 1 N–H and O–H groups in total. The van der Waals surface area contributed by atoms with Crippen molar-refractivity contribution in [2.24, 2.45) is 0 Å². The number of nitrogens with one attached hydrogen (secondary N) is 1. The number of fused-ring (bicyclic) bond motifs is 1. The van der Waals surface area contributed by atoms with E-state index in [4.69, 9.17) is 9.15 Å². The monoisotopic (exact) mass is 208 g/mol. The number of nitrogens with zero attached hydrogens (tertiary/aromatic N) is 1. The van der Waals surface area contributed by atoms with Crippen LogP contribution in [0.3, 0.4) is 0 Å². The molecule has 2 aliphatic rings. The Kier molecular flexibility index (Phi) is 2.48. The van der Waals surface area contributed by atoms with Crippen molar-refractivity contribution in [1.82, 2.24) is 10.2 Å². The molecule has 2 atom stereocenters. The molecule has 0 aliphatic carbocycles.